The van der Waals surface area contributed by atoms with Crippen molar-refractivity contribution in [2.45, 2.75) is 40.2 Å². The molecule has 0 unspecified atom stereocenters. The maximum atomic E-state index is 13.7. The number of fused-ring (bicyclic) bond motifs is 1. The first-order valence-corrected chi connectivity index (χ1v) is 10.8. The van der Waals surface area contributed by atoms with E-state index >= 15 is 0 Å². The van der Waals surface area contributed by atoms with Crippen molar-refractivity contribution >= 4 is 33.3 Å². The van der Waals surface area contributed by atoms with E-state index < -0.39 is 0 Å². The van der Waals surface area contributed by atoms with Crippen LogP contribution < -0.4 is 5.32 Å². The topological polar surface area (TPSA) is 58.1 Å². The highest BCUT2D eigenvalue weighted by atomic mass is 32.1. The highest BCUT2D eigenvalue weighted by Gasteiger charge is 2.19. The minimum absolute atomic E-state index is 0.293. The number of amides is 1. The Bertz CT molecular complexity index is 1060. The number of carbonyl (C=O) groups excluding carboxylic acids is 1. The lowest BCUT2D eigenvalue weighted by Gasteiger charge is -2.29. The summed E-state index contributed by atoms with van der Waals surface area (Å²) in [5, 5.41) is 3.98. The van der Waals surface area contributed by atoms with E-state index in [-0.39, 0.29) is 11.7 Å². The smallest absolute Gasteiger partial charge is 0.258 e. The molecule has 0 spiro atoms. The molecule has 29 heavy (non-hydrogen) atoms. The number of hydrogen-bond donors (Lipinski definition) is 1. The molecule has 1 aliphatic rings. The van der Waals surface area contributed by atoms with Gasteiger partial charge in [-0.2, -0.15) is 0 Å². The van der Waals surface area contributed by atoms with Crippen LogP contribution >= 0.6 is 11.3 Å². The van der Waals surface area contributed by atoms with Crippen LogP contribution in [0.3, 0.4) is 0 Å². The van der Waals surface area contributed by atoms with Gasteiger partial charge in [-0.3, -0.25) is 20.0 Å². The number of aryl methyl sites for hydroxylation is 2. The molecule has 1 fully saturated rings. The average molecular weight is 413 g/mol. The molecule has 3 heterocycles. The summed E-state index contributed by atoms with van der Waals surface area (Å²) >= 11 is 1.52. The molecular weight excluding hydrogens is 387 g/mol. The van der Waals surface area contributed by atoms with Gasteiger partial charge in [0.2, 0.25) is 0 Å². The molecule has 4 rings (SSSR count). The number of rotatable bonds is 4. The monoisotopic (exact) mass is 412 g/mol. The normalized spacial score (nSPS) is 15.7. The van der Waals surface area contributed by atoms with Crippen LogP contribution in [0.1, 0.15) is 46.4 Å². The van der Waals surface area contributed by atoms with Crippen LogP contribution in [-0.4, -0.2) is 33.9 Å². The Labute approximate surface area is 174 Å². The number of hydrogen-bond acceptors (Lipinski definition) is 5. The summed E-state index contributed by atoms with van der Waals surface area (Å²) in [6.45, 7) is 9.19. The number of nitrogens with one attached hydrogen (secondary N) is 1. The summed E-state index contributed by atoms with van der Waals surface area (Å²) < 4.78 is 13.7. The number of likely N-dealkylation sites (tertiary alicyclic amines) is 1. The Balaban J connectivity index is 1.53. The van der Waals surface area contributed by atoms with Crippen LogP contribution in [0.25, 0.3) is 10.9 Å². The van der Waals surface area contributed by atoms with Crippen LogP contribution in [0.15, 0.2) is 24.3 Å². The third-order valence-corrected chi connectivity index (χ3v) is 6.56. The maximum absolute atomic E-state index is 13.7. The molecule has 0 saturated carbocycles. The highest BCUT2D eigenvalue weighted by molar-refractivity contribution is 7.15. The molecule has 1 N–H and O–H groups in total. The molecule has 0 atom stereocenters. The number of piperidine rings is 1. The van der Waals surface area contributed by atoms with Crippen LogP contribution in [0.4, 0.5) is 9.52 Å². The molecule has 1 amide bonds. The Morgan fingerprint density at radius 3 is 2.76 bits per heavy atom. The standard InChI is InChI=1S/C22H25FN4OS/c1-13-6-8-27(9-7-13)12-20-15(3)25-22(29-20)26-21(28)18-10-14(2)24-19-5-4-16(23)11-17(18)19/h4-5,10-11,13H,6-9,12H2,1-3H3,(H,25,26,28). The minimum Gasteiger partial charge on any atom is -0.298 e. The van der Waals surface area contributed by atoms with Crippen LogP contribution in [0.5, 0.6) is 0 Å². The quantitative estimate of drug-likeness (QED) is 0.660. The van der Waals surface area contributed by atoms with Crippen molar-refractivity contribution in [3.05, 3.63) is 51.9 Å². The Morgan fingerprint density at radius 1 is 1.24 bits per heavy atom. The Morgan fingerprint density at radius 2 is 2.00 bits per heavy atom. The molecule has 0 bridgehead atoms. The third kappa shape index (κ3) is 4.46. The molecule has 152 valence electrons. The fourth-order valence-electron chi connectivity index (χ4n) is 3.73. The van der Waals surface area contributed by atoms with Gasteiger partial charge in [-0.1, -0.05) is 6.92 Å². The van der Waals surface area contributed by atoms with Crippen molar-refractivity contribution in [2.75, 3.05) is 18.4 Å². The zero-order valence-corrected chi connectivity index (χ0v) is 17.8. The summed E-state index contributed by atoms with van der Waals surface area (Å²) in [6.07, 6.45) is 2.46. The molecule has 1 saturated heterocycles. The van der Waals surface area contributed by atoms with Gasteiger partial charge in [-0.05, 0) is 70.0 Å². The number of halogens is 1. The van der Waals surface area contributed by atoms with Gasteiger partial charge in [0.25, 0.3) is 5.91 Å². The number of thiazole rings is 1. The number of aromatic nitrogens is 2. The molecule has 1 aliphatic heterocycles. The van der Waals surface area contributed by atoms with E-state index in [1.165, 1.54) is 41.2 Å². The fourth-order valence-corrected chi connectivity index (χ4v) is 4.73. The first-order chi connectivity index (χ1) is 13.9. The molecule has 1 aromatic carbocycles. The van der Waals surface area contributed by atoms with E-state index in [1.807, 2.05) is 13.8 Å². The second kappa shape index (κ2) is 8.16. The molecule has 5 nitrogen and oxygen atoms in total. The lowest BCUT2D eigenvalue weighted by molar-refractivity contribution is 0.102. The van der Waals surface area contributed by atoms with Gasteiger partial charge in [0.15, 0.2) is 5.13 Å². The van der Waals surface area contributed by atoms with E-state index in [4.69, 9.17) is 0 Å². The number of pyridine rings is 1. The van der Waals surface area contributed by atoms with Crippen LogP contribution in [0.2, 0.25) is 0 Å². The zero-order valence-electron chi connectivity index (χ0n) is 17.0. The van der Waals surface area contributed by atoms with E-state index in [9.17, 15) is 9.18 Å². The second-order valence-electron chi connectivity index (χ2n) is 7.91. The molecule has 0 radical (unpaired) electrons. The van der Waals surface area contributed by atoms with Crippen molar-refractivity contribution in [1.82, 2.24) is 14.9 Å². The maximum Gasteiger partial charge on any atom is 0.258 e. The summed E-state index contributed by atoms with van der Waals surface area (Å²) in [6, 6.07) is 5.99. The lowest BCUT2D eigenvalue weighted by Crippen LogP contribution is -2.32. The predicted octanol–water partition coefficient (Wildman–Crippen LogP) is 4.93. The first-order valence-electron chi connectivity index (χ1n) is 9.96. The van der Waals surface area contributed by atoms with Crippen molar-refractivity contribution < 1.29 is 9.18 Å². The average Bonchev–Trinajstić information content (AvgIpc) is 3.02. The predicted molar refractivity (Wildman–Crippen MR) is 115 cm³/mol. The Kier molecular flexibility index (Phi) is 5.61. The molecule has 3 aromatic rings. The van der Waals surface area contributed by atoms with Gasteiger partial charge in [0.1, 0.15) is 5.82 Å². The van der Waals surface area contributed by atoms with Crippen LogP contribution in [0, 0.1) is 25.6 Å². The Hall–Kier alpha value is -2.38. The van der Waals surface area contributed by atoms with Gasteiger partial charge in [-0.15, -0.1) is 11.3 Å². The van der Waals surface area contributed by atoms with E-state index in [2.05, 4.69) is 27.1 Å². The van der Waals surface area contributed by atoms with Gasteiger partial charge in [-0.25, -0.2) is 9.37 Å². The van der Waals surface area contributed by atoms with Gasteiger partial charge < -0.3 is 0 Å². The van der Waals surface area contributed by atoms with E-state index in [0.29, 0.717) is 27.3 Å². The molecular formula is C22H25FN4OS. The van der Waals surface area contributed by atoms with Gasteiger partial charge in [0.05, 0.1) is 16.8 Å². The van der Waals surface area contributed by atoms with Crippen molar-refractivity contribution in [2.24, 2.45) is 5.92 Å². The van der Waals surface area contributed by atoms with Gasteiger partial charge >= 0.3 is 0 Å². The summed E-state index contributed by atoms with van der Waals surface area (Å²) in [7, 11) is 0. The molecule has 2 aromatic heterocycles. The van der Waals surface area contributed by atoms with Crippen molar-refractivity contribution in [3.63, 3.8) is 0 Å². The number of benzene rings is 1. The number of anilines is 1. The fraction of sp³-hybridized carbons (Fsp3) is 0.409. The lowest BCUT2D eigenvalue weighted by atomic mass is 9.99. The largest absolute Gasteiger partial charge is 0.298 e. The minimum atomic E-state index is -0.388. The van der Waals surface area contributed by atoms with Crippen molar-refractivity contribution in [1.29, 1.82) is 0 Å². The highest BCUT2D eigenvalue weighted by Crippen LogP contribution is 2.27. The summed E-state index contributed by atoms with van der Waals surface area (Å²) in [5.41, 5.74) is 2.67. The SMILES string of the molecule is Cc1cc(C(=O)Nc2nc(C)c(CN3CCC(C)CC3)s2)c2cc(F)ccc2n1. The number of nitrogens with zero attached hydrogens (tertiary/aromatic N) is 3. The third-order valence-electron chi connectivity index (χ3n) is 5.50. The van der Waals surface area contributed by atoms with Gasteiger partial charge in [0, 0.05) is 22.5 Å². The van der Waals surface area contributed by atoms with E-state index in [1.54, 1.807) is 12.1 Å². The summed E-state index contributed by atoms with van der Waals surface area (Å²) in [5.74, 6) is 0.116. The summed E-state index contributed by atoms with van der Waals surface area (Å²) in [4.78, 5) is 25.5. The second-order valence-corrected chi connectivity index (χ2v) is 9.00. The van der Waals surface area contributed by atoms with Crippen molar-refractivity contribution in [3.8, 4) is 0 Å². The first kappa shape index (κ1) is 19.9. The number of carbonyl (C=O) groups is 1. The van der Waals surface area contributed by atoms with Crippen LogP contribution in [-0.2, 0) is 6.54 Å². The molecule has 7 heteroatoms. The zero-order chi connectivity index (χ0) is 20.5. The molecule has 0 aliphatic carbocycles. The van der Waals surface area contributed by atoms with E-state index in [0.717, 1.165) is 31.2 Å².